The van der Waals surface area contributed by atoms with Crippen LogP contribution in [0.1, 0.15) is 28.4 Å². The highest BCUT2D eigenvalue weighted by molar-refractivity contribution is 6.08. The Hall–Kier alpha value is -3.14. The minimum absolute atomic E-state index is 0.126. The largest absolute Gasteiger partial charge is 0.325 e. The van der Waals surface area contributed by atoms with Crippen LogP contribution in [0.2, 0.25) is 0 Å². The van der Waals surface area contributed by atoms with Crippen molar-refractivity contribution >= 4 is 23.1 Å². The minimum atomic E-state index is -0.126. The van der Waals surface area contributed by atoms with E-state index < -0.39 is 0 Å². The van der Waals surface area contributed by atoms with Crippen LogP contribution in [-0.2, 0) is 12.8 Å². The van der Waals surface area contributed by atoms with Gasteiger partial charge in [-0.25, -0.2) is 4.98 Å². The van der Waals surface area contributed by atoms with E-state index in [0.717, 1.165) is 36.3 Å². The first kappa shape index (κ1) is 16.3. The molecule has 26 heavy (non-hydrogen) atoms. The third kappa shape index (κ3) is 2.94. The number of amides is 1. The molecule has 130 valence electrons. The van der Waals surface area contributed by atoms with Gasteiger partial charge in [-0.05, 0) is 48.2 Å². The van der Waals surface area contributed by atoms with Crippen LogP contribution in [0.5, 0.6) is 0 Å². The third-order valence-electron chi connectivity index (χ3n) is 4.82. The van der Waals surface area contributed by atoms with Crippen molar-refractivity contribution in [3.8, 4) is 0 Å². The maximum atomic E-state index is 13.0. The molecule has 1 amide bonds. The lowest BCUT2D eigenvalue weighted by atomic mass is 10.1. The Labute approximate surface area is 153 Å². The lowest BCUT2D eigenvalue weighted by Gasteiger charge is -2.21. The molecule has 4 nitrogen and oxygen atoms in total. The number of hydrogen-bond acceptors (Lipinski definition) is 3. The molecule has 0 unspecified atom stereocenters. The van der Waals surface area contributed by atoms with Crippen LogP contribution in [0.25, 0.3) is 0 Å². The zero-order valence-electron chi connectivity index (χ0n) is 14.8. The van der Waals surface area contributed by atoms with Crippen LogP contribution in [0.3, 0.4) is 0 Å². The summed E-state index contributed by atoms with van der Waals surface area (Å²) in [6, 6.07) is 19.9. The number of nitrogens with zero attached hydrogens (tertiary/aromatic N) is 2. The van der Waals surface area contributed by atoms with E-state index in [4.69, 9.17) is 0 Å². The predicted molar refractivity (Wildman–Crippen MR) is 105 cm³/mol. The van der Waals surface area contributed by atoms with Crippen molar-refractivity contribution in [2.45, 2.75) is 19.8 Å². The maximum absolute atomic E-state index is 13.0. The normalized spacial score (nSPS) is 12.7. The zero-order valence-corrected chi connectivity index (χ0v) is 14.8. The van der Waals surface area contributed by atoms with Gasteiger partial charge in [-0.15, -0.1) is 0 Å². The fraction of sp³-hybridized carbons (Fsp3) is 0.182. The fourth-order valence-electron chi connectivity index (χ4n) is 3.49. The van der Waals surface area contributed by atoms with Gasteiger partial charge in [0.1, 0.15) is 5.82 Å². The lowest BCUT2D eigenvalue weighted by molar-refractivity contribution is 0.102. The van der Waals surface area contributed by atoms with E-state index in [1.54, 1.807) is 6.20 Å². The topological polar surface area (TPSA) is 45.2 Å². The van der Waals surface area contributed by atoms with Crippen molar-refractivity contribution < 1.29 is 4.79 Å². The summed E-state index contributed by atoms with van der Waals surface area (Å²) in [6.45, 7) is 2.92. The van der Waals surface area contributed by atoms with E-state index in [1.807, 2.05) is 42.5 Å². The van der Waals surface area contributed by atoms with Gasteiger partial charge in [0, 0.05) is 24.1 Å². The van der Waals surface area contributed by atoms with E-state index in [2.05, 4.69) is 40.3 Å². The highest BCUT2D eigenvalue weighted by Gasteiger charge is 2.25. The van der Waals surface area contributed by atoms with Gasteiger partial charge >= 0.3 is 0 Å². The van der Waals surface area contributed by atoms with Crippen molar-refractivity contribution in [2.24, 2.45) is 0 Å². The minimum Gasteiger partial charge on any atom is -0.325 e. The first-order chi connectivity index (χ1) is 12.8. The molecule has 0 aliphatic carbocycles. The molecule has 1 aliphatic rings. The van der Waals surface area contributed by atoms with Gasteiger partial charge in [0.25, 0.3) is 5.91 Å². The van der Waals surface area contributed by atoms with Crippen molar-refractivity contribution in [1.82, 2.24) is 4.98 Å². The predicted octanol–water partition coefficient (Wildman–Crippen LogP) is 4.59. The van der Waals surface area contributed by atoms with Crippen LogP contribution in [-0.4, -0.2) is 17.4 Å². The highest BCUT2D eigenvalue weighted by Crippen LogP contribution is 2.35. The summed E-state index contributed by atoms with van der Waals surface area (Å²) in [5, 5.41) is 3.06. The number of aromatic nitrogens is 1. The van der Waals surface area contributed by atoms with Crippen LogP contribution in [0, 0.1) is 0 Å². The first-order valence-electron chi connectivity index (χ1n) is 8.97. The van der Waals surface area contributed by atoms with Gasteiger partial charge in [-0.1, -0.05) is 43.3 Å². The Morgan fingerprint density at radius 3 is 2.77 bits per heavy atom. The molecule has 0 atom stereocenters. The number of rotatable bonds is 4. The summed E-state index contributed by atoms with van der Waals surface area (Å²) in [4.78, 5) is 19.7. The van der Waals surface area contributed by atoms with Crippen molar-refractivity contribution in [3.63, 3.8) is 0 Å². The number of aryl methyl sites for hydroxylation is 1. The number of carbonyl (C=O) groups excluding carboxylic acids is 1. The van der Waals surface area contributed by atoms with Crippen LogP contribution >= 0.6 is 0 Å². The second-order valence-corrected chi connectivity index (χ2v) is 6.37. The summed E-state index contributed by atoms with van der Waals surface area (Å²) in [7, 11) is 0. The SMILES string of the molecule is CCc1ccccc1NC(=O)c1cccnc1N1CCc2ccccc21. The average molecular weight is 343 g/mol. The smallest absolute Gasteiger partial charge is 0.259 e. The average Bonchev–Trinajstić information content (AvgIpc) is 3.12. The monoisotopic (exact) mass is 343 g/mol. The number of nitrogens with one attached hydrogen (secondary N) is 1. The molecule has 2 heterocycles. The quantitative estimate of drug-likeness (QED) is 0.753. The molecule has 0 saturated heterocycles. The zero-order chi connectivity index (χ0) is 17.9. The number of anilines is 3. The van der Waals surface area contributed by atoms with E-state index in [0.29, 0.717) is 11.4 Å². The molecule has 0 saturated carbocycles. The molecular formula is C22H21N3O. The fourth-order valence-corrected chi connectivity index (χ4v) is 3.49. The maximum Gasteiger partial charge on any atom is 0.259 e. The first-order valence-corrected chi connectivity index (χ1v) is 8.97. The molecule has 0 fully saturated rings. The second-order valence-electron chi connectivity index (χ2n) is 6.37. The second kappa shape index (κ2) is 7.00. The van der Waals surface area contributed by atoms with E-state index in [-0.39, 0.29) is 5.91 Å². The Kier molecular flexibility index (Phi) is 4.40. The molecule has 2 aromatic carbocycles. The Balaban J connectivity index is 1.67. The number of para-hydroxylation sites is 2. The van der Waals surface area contributed by atoms with Crippen molar-refractivity contribution in [1.29, 1.82) is 0 Å². The summed E-state index contributed by atoms with van der Waals surface area (Å²) >= 11 is 0. The molecule has 0 spiro atoms. The molecule has 0 radical (unpaired) electrons. The number of hydrogen-bond donors (Lipinski definition) is 1. The Morgan fingerprint density at radius 2 is 1.88 bits per heavy atom. The number of carbonyl (C=O) groups is 1. The summed E-state index contributed by atoms with van der Waals surface area (Å²) < 4.78 is 0. The van der Waals surface area contributed by atoms with Gasteiger partial charge in [0.05, 0.1) is 5.56 Å². The molecule has 4 rings (SSSR count). The third-order valence-corrected chi connectivity index (χ3v) is 4.82. The highest BCUT2D eigenvalue weighted by atomic mass is 16.1. The number of pyridine rings is 1. The van der Waals surface area contributed by atoms with Crippen molar-refractivity contribution in [2.75, 3.05) is 16.8 Å². The molecule has 1 N–H and O–H groups in total. The van der Waals surface area contributed by atoms with Gasteiger partial charge in [-0.3, -0.25) is 4.79 Å². The molecular weight excluding hydrogens is 322 g/mol. The van der Waals surface area contributed by atoms with E-state index >= 15 is 0 Å². The Bertz CT molecular complexity index is 951. The van der Waals surface area contributed by atoms with Gasteiger partial charge in [0.2, 0.25) is 0 Å². The molecule has 1 aliphatic heterocycles. The van der Waals surface area contributed by atoms with Gasteiger partial charge in [-0.2, -0.15) is 0 Å². The van der Waals surface area contributed by atoms with Crippen LogP contribution < -0.4 is 10.2 Å². The van der Waals surface area contributed by atoms with Crippen LogP contribution in [0.4, 0.5) is 17.2 Å². The molecule has 0 bridgehead atoms. The Morgan fingerprint density at radius 1 is 1.08 bits per heavy atom. The van der Waals surface area contributed by atoms with E-state index in [9.17, 15) is 4.79 Å². The molecule has 1 aromatic heterocycles. The summed E-state index contributed by atoms with van der Waals surface area (Å²) in [5.74, 6) is 0.585. The number of fused-ring (bicyclic) bond motifs is 1. The van der Waals surface area contributed by atoms with Crippen molar-refractivity contribution in [3.05, 3.63) is 83.6 Å². The number of benzene rings is 2. The van der Waals surface area contributed by atoms with Gasteiger partial charge < -0.3 is 10.2 Å². The summed E-state index contributed by atoms with van der Waals surface area (Å²) in [6.07, 6.45) is 3.58. The van der Waals surface area contributed by atoms with E-state index in [1.165, 1.54) is 5.56 Å². The standard InChI is InChI=1S/C22H21N3O/c1-2-16-8-3-5-11-19(16)24-22(26)18-10-7-14-23-21(18)25-15-13-17-9-4-6-12-20(17)25/h3-12,14H,2,13,15H2,1H3,(H,24,26). The molecule has 4 heteroatoms. The van der Waals surface area contributed by atoms with Gasteiger partial charge in [0.15, 0.2) is 0 Å². The summed E-state index contributed by atoms with van der Waals surface area (Å²) in [5.41, 5.74) is 5.00. The molecule has 3 aromatic rings. The van der Waals surface area contributed by atoms with Crippen LogP contribution in [0.15, 0.2) is 66.9 Å². The lowest BCUT2D eigenvalue weighted by Crippen LogP contribution is -2.21.